The number of nitriles is 1. The third-order valence-corrected chi connectivity index (χ3v) is 3.26. The van der Waals surface area contributed by atoms with Crippen molar-refractivity contribution < 1.29 is 4.74 Å². The number of allylic oxidation sites excluding steroid dienone is 4. The Balaban J connectivity index is 1.80. The van der Waals surface area contributed by atoms with Crippen LogP contribution >= 0.6 is 0 Å². The van der Waals surface area contributed by atoms with Crippen molar-refractivity contribution in [3.63, 3.8) is 0 Å². The number of nitrogens with zero attached hydrogens (tertiary/aromatic N) is 4. The second-order valence-electron chi connectivity index (χ2n) is 4.67. The fourth-order valence-corrected chi connectivity index (χ4v) is 2.20. The van der Waals surface area contributed by atoms with Crippen molar-refractivity contribution in [2.24, 2.45) is 0 Å². The van der Waals surface area contributed by atoms with Crippen LogP contribution in [0.1, 0.15) is 24.2 Å². The highest BCUT2D eigenvalue weighted by atomic mass is 16.5. The van der Waals surface area contributed by atoms with Crippen LogP contribution < -0.4 is 5.32 Å². The lowest BCUT2D eigenvalue weighted by atomic mass is 10.0. The molecule has 22 heavy (non-hydrogen) atoms. The van der Waals surface area contributed by atoms with Crippen LogP contribution in [0.2, 0.25) is 0 Å². The van der Waals surface area contributed by atoms with E-state index in [1.807, 2.05) is 18.2 Å². The van der Waals surface area contributed by atoms with E-state index >= 15 is 0 Å². The molecule has 0 amide bonds. The Morgan fingerprint density at radius 1 is 1.32 bits per heavy atom. The number of aromatic nitrogens is 4. The van der Waals surface area contributed by atoms with Crippen LogP contribution in [0.5, 0.6) is 0 Å². The highest BCUT2D eigenvalue weighted by Gasteiger charge is 2.13. The van der Waals surface area contributed by atoms with Gasteiger partial charge in [-0.3, -0.25) is 5.10 Å². The van der Waals surface area contributed by atoms with E-state index in [-0.39, 0.29) is 5.69 Å². The maximum Gasteiger partial charge on any atom is 0.158 e. The van der Waals surface area contributed by atoms with Crippen molar-refractivity contribution in [1.82, 2.24) is 20.2 Å². The van der Waals surface area contributed by atoms with Crippen molar-refractivity contribution >= 4 is 17.2 Å². The molecular formula is C15H14N6O. The van der Waals surface area contributed by atoms with Gasteiger partial charge in [0, 0.05) is 18.1 Å². The Hall–Kier alpha value is -3.14. The molecular weight excluding hydrogens is 280 g/mol. The maximum absolute atomic E-state index is 8.70. The van der Waals surface area contributed by atoms with Crippen molar-refractivity contribution in [2.75, 3.05) is 12.4 Å². The second kappa shape index (κ2) is 6.10. The molecule has 2 aromatic heterocycles. The van der Waals surface area contributed by atoms with E-state index in [1.165, 1.54) is 12.4 Å². The molecule has 3 rings (SSSR count). The summed E-state index contributed by atoms with van der Waals surface area (Å²) in [6.45, 7) is 0. The van der Waals surface area contributed by atoms with E-state index in [9.17, 15) is 0 Å². The normalized spacial score (nSPS) is 13.8. The van der Waals surface area contributed by atoms with E-state index in [1.54, 1.807) is 7.11 Å². The third kappa shape index (κ3) is 2.81. The highest BCUT2D eigenvalue weighted by molar-refractivity contribution is 5.76. The van der Waals surface area contributed by atoms with Gasteiger partial charge in [0.1, 0.15) is 17.6 Å². The molecule has 0 saturated heterocycles. The summed E-state index contributed by atoms with van der Waals surface area (Å²) in [7, 11) is 1.68. The topological polar surface area (TPSA) is 99.5 Å². The number of hydrogen-bond acceptors (Lipinski definition) is 6. The van der Waals surface area contributed by atoms with Gasteiger partial charge in [0.05, 0.1) is 25.2 Å². The van der Waals surface area contributed by atoms with Gasteiger partial charge in [-0.2, -0.15) is 10.4 Å². The van der Waals surface area contributed by atoms with Crippen molar-refractivity contribution in [2.45, 2.75) is 12.8 Å². The quantitative estimate of drug-likeness (QED) is 0.898. The molecule has 110 valence electrons. The molecule has 7 heteroatoms. The molecule has 2 aromatic rings. The summed E-state index contributed by atoms with van der Waals surface area (Å²) in [5.41, 5.74) is 2.15. The number of aromatic amines is 1. The average molecular weight is 294 g/mol. The largest absolute Gasteiger partial charge is 0.500 e. The van der Waals surface area contributed by atoms with Gasteiger partial charge < -0.3 is 10.1 Å². The minimum Gasteiger partial charge on any atom is -0.500 e. The zero-order valence-corrected chi connectivity index (χ0v) is 12.0. The molecule has 0 unspecified atom stereocenters. The van der Waals surface area contributed by atoms with E-state index < -0.39 is 0 Å². The Morgan fingerprint density at radius 2 is 2.23 bits per heavy atom. The van der Waals surface area contributed by atoms with Gasteiger partial charge in [-0.05, 0) is 6.42 Å². The predicted octanol–water partition coefficient (Wildman–Crippen LogP) is 2.52. The molecule has 0 saturated carbocycles. The van der Waals surface area contributed by atoms with E-state index in [2.05, 4.69) is 31.6 Å². The summed E-state index contributed by atoms with van der Waals surface area (Å²) >= 11 is 0. The van der Waals surface area contributed by atoms with E-state index in [4.69, 9.17) is 10.00 Å². The number of ether oxygens (including phenoxy) is 1. The van der Waals surface area contributed by atoms with Gasteiger partial charge in [0.15, 0.2) is 11.5 Å². The van der Waals surface area contributed by atoms with Crippen LogP contribution in [0.25, 0.3) is 5.57 Å². The van der Waals surface area contributed by atoms with Gasteiger partial charge in [-0.1, -0.05) is 12.2 Å². The van der Waals surface area contributed by atoms with Crippen LogP contribution in [0.15, 0.2) is 36.4 Å². The third-order valence-electron chi connectivity index (χ3n) is 3.26. The van der Waals surface area contributed by atoms with Crippen LogP contribution in [0.4, 0.5) is 11.6 Å². The zero-order chi connectivity index (χ0) is 15.4. The Morgan fingerprint density at radius 3 is 2.95 bits per heavy atom. The first kappa shape index (κ1) is 13.8. The number of methoxy groups -OCH3 is 1. The smallest absolute Gasteiger partial charge is 0.158 e. The summed E-state index contributed by atoms with van der Waals surface area (Å²) in [6, 6.07) is 3.80. The molecule has 0 radical (unpaired) electrons. The molecule has 0 fully saturated rings. The minimum atomic E-state index is 0.274. The molecule has 0 bridgehead atoms. The van der Waals surface area contributed by atoms with Crippen molar-refractivity contribution in [3.05, 3.63) is 47.8 Å². The van der Waals surface area contributed by atoms with Crippen LogP contribution in [0.3, 0.4) is 0 Å². The fourth-order valence-electron chi connectivity index (χ4n) is 2.20. The first-order chi connectivity index (χ1) is 10.8. The van der Waals surface area contributed by atoms with Crippen LogP contribution in [-0.2, 0) is 4.74 Å². The molecule has 0 aliphatic heterocycles. The first-order valence-electron chi connectivity index (χ1n) is 6.79. The lowest BCUT2D eigenvalue weighted by Crippen LogP contribution is -1.97. The summed E-state index contributed by atoms with van der Waals surface area (Å²) < 4.78 is 5.42. The maximum atomic E-state index is 8.70. The fraction of sp³-hybridized carbons (Fsp3) is 0.200. The monoisotopic (exact) mass is 294 g/mol. The SMILES string of the molecule is COC1=C(c2cc(Nc3cnc(C#N)cn3)n[nH]2)C=CCC1. The predicted molar refractivity (Wildman–Crippen MR) is 80.9 cm³/mol. The van der Waals surface area contributed by atoms with Gasteiger partial charge in [-0.15, -0.1) is 0 Å². The molecule has 1 aliphatic carbocycles. The Kier molecular flexibility index (Phi) is 3.83. The molecule has 1 aliphatic rings. The van der Waals surface area contributed by atoms with Crippen molar-refractivity contribution in [1.29, 1.82) is 5.26 Å². The van der Waals surface area contributed by atoms with Gasteiger partial charge in [0.2, 0.25) is 0 Å². The van der Waals surface area contributed by atoms with Gasteiger partial charge in [-0.25, -0.2) is 9.97 Å². The lowest BCUT2D eigenvalue weighted by Gasteiger charge is -2.13. The Labute approximate surface area is 127 Å². The molecule has 0 atom stereocenters. The van der Waals surface area contributed by atoms with Gasteiger partial charge >= 0.3 is 0 Å². The van der Waals surface area contributed by atoms with Crippen LogP contribution in [0, 0.1) is 11.3 Å². The number of nitrogens with one attached hydrogen (secondary N) is 2. The van der Waals surface area contributed by atoms with E-state index in [0.29, 0.717) is 11.6 Å². The molecule has 7 nitrogen and oxygen atoms in total. The zero-order valence-electron chi connectivity index (χ0n) is 12.0. The summed E-state index contributed by atoms with van der Waals surface area (Å²) in [5, 5.41) is 18.9. The second-order valence-corrected chi connectivity index (χ2v) is 4.67. The molecule has 2 heterocycles. The standard InChI is InChI=1S/C15H14N6O/c1-22-13-5-3-2-4-11(13)12-6-14(21-20-12)19-15-9-17-10(7-16)8-18-15/h2,4,6,8-9H,3,5H2,1H3,(H2,18,19,20,21). The highest BCUT2D eigenvalue weighted by Crippen LogP contribution is 2.28. The lowest BCUT2D eigenvalue weighted by molar-refractivity contribution is 0.279. The number of hydrogen-bond donors (Lipinski definition) is 2. The molecule has 2 N–H and O–H groups in total. The molecule has 0 aromatic carbocycles. The average Bonchev–Trinajstić information content (AvgIpc) is 3.04. The van der Waals surface area contributed by atoms with E-state index in [0.717, 1.165) is 29.9 Å². The first-order valence-corrected chi connectivity index (χ1v) is 6.79. The van der Waals surface area contributed by atoms with Crippen LogP contribution in [-0.4, -0.2) is 27.3 Å². The summed E-state index contributed by atoms with van der Waals surface area (Å²) in [5.74, 6) is 2.09. The van der Waals surface area contributed by atoms with Gasteiger partial charge in [0.25, 0.3) is 0 Å². The summed E-state index contributed by atoms with van der Waals surface area (Å²) in [4.78, 5) is 8.05. The molecule has 0 spiro atoms. The number of H-pyrrole nitrogens is 1. The minimum absolute atomic E-state index is 0.274. The number of anilines is 2. The Bertz CT molecular complexity index is 766. The van der Waals surface area contributed by atoms with Crippen molar-refractivity contribution in [3.8, 4) is 6.07 Å². The number of rotatable bonds is 4. The summed E-state index contributed by atoms with van der Waals surface area (Å²) in [6.07, 6.45) is 8.90.